The molecule has 0 bridgehead atoms. The van der Waals surface area contributed by atoms with Gasteiger partial charge in [0.1, 0.15) is 11.8 Å². The van der Waals surface area contributed by atoms with Crippen molar-refractivity contribution in [2.24, 2.45) is 5.92 Å². The van der Waals surface area contributed by atoms with Gasteiger partial charge in [-0.1, -0.05) is 31.4 Å². The number of ether oxygens (including phenoxy) is 1. The molecule has 1 aromatic carbocycles. The zero-order chi connectivity index (χ0) is 15.7. The molecule has 0 aromatic heterocycles. The van der Waals surface area contributed by atoms with Crippen LogP contribution in [-0.4, -0.2) is 29.9 Å². The highest BCUT2D eigenvalue weighted by Gasteiger charge is 2.65. The lowest BCUT2D eigenvalue weighted by molar-refractivity contribution is -0.215. The minimum Gasteiger partial charge on any atom is -0.497 e. The number of hydrogen-bond acceptors (Lipinski definition) is 2. The second kappa shape index (κ2) is 5.86. The van der Waals surface area contributed by atoms with Crippen LogP contribution in [0.4, 0.5) is 8.78 Å². The molecule has 0 radical (unpaired) electrons. The van der Waals surface area contributed by atoms with Crippen molar-refractivity contribution < 1.29 is 18.3 Å². The van der Waals surface area contributed by atoms with Gasteiger partial charge in [0, 0.05) is 6.54 Å². The van der Waals surface area contributed by atoms with E-state index >= 15 is 0 Å². The number of rotatable bonds is 4. The topological polar surface area (TPSA) is 29.5 Å². The van der Waals surface area contributed by atoms with E-state index in [1.54, 1.807) is 19.2 Å². The molecule has 2 fully saturated rings. The van der Waals surface area contributed by atoms with Crippen molar-refractivity contribution in [3.05, 3.63) is 29.8 Å². The fraction of sp³-hybridized carbons (Fsp3) is 0.588. The predicted octanol–water partition coefficient (Wildman–Crippen LogP) is 3.62. The number of benzene rings is 1. The van der Waals surface area contributed by atoms with Crippen molar-refractivity contribution in [2.45, 2.75) is 50.6 Å². The lowest BCUT2D eigenvalue weighted by Crippen LogP contribution is -2.71. The lowest BCUT2D eigenvalue weighted by Gasteiger charge is -2.51. The highest BCUT2D eigenvalue weighted by atomic mass is 19.3. The van der Waals surface area contributed by atoms with E-state index in [0.717, 1.165) is 37.7 Å². The van der Waals surface area contributed by atoms with E-state index in [1.165, 1.54) is 4.90 Å². The third kappa shape index (κ3) is 2.57. The van der Waals surface area contributed by atoms with Crippen molar-refractivity contribution in [3.63, 3.8) is 0 Å². The molecule has 1 atom stereocenters. The van der Waals surface area contributed by atoms with E-state index in [4.69, 9.17) is 4.74 Å². The first kappa shape index (κ1) is 15.3. The molecule has 0 N–H and O–H groups in total. The zero-order valence-electron chi connectivity index (χ0n) is 12.7. The number of carbonyl (C=O) groups excluding carboxylic acids is 1. The molecule has 1 amide bonds. The molecule has 1 aliphatic carbocycles. The molecular formula is C17H21F2NO2. The molecule has 2 aliphatic rings. The fourth-order valence-electron chi connectivity index (χ4n) is 3.67. The van der Waals surface area contributed by atoms with Crippen molar-refractivity contribution >= 4 is 5.91 Å². The van der Waals surface area contributed by atoms with Crippen molar-refractivity contribution in [1.29, 1.82) is 0 Å². The first-order valence-electron chi connectivity index (χ1n) is 7.86. The zero-order valence-corrected chi connectivity index (χ0v) is 12.7. The van der Waals surface area contributed by atoms with Crippen LogP contribution < -0.4 is 4.74 Å². The van der Waals surface area contributed by atoms with Gasteiger partial charge in [0.15, 0.2) is 0 Å². The summed E-state index contributed by atoms with van der Waals surface area (Å²) in [5.41, 5.74) is 0.852. The van der Waals surface area contributed by atoms with Gasteiger partial charge in [-0.2, -0.15) is 8.78 Å². The second-order valence-corrected chi connectivity index (χ2v) is 6.25. The Morgan fingerprint density at radius 3 is 2.41 bits per heavy atom. The molecule has 1 saturated carbocycles. The summed E-state index contributed by atoms with van der Waals surface area (Å²) < 4.78 is 33.2. The first-order chi connectivity index (χ1) is 10.5. The largest absolute Gasteiger partial charge is 0.497 e. The van der Waals surface area contributed by atoms with Crippen LogP contribution in [0.3, 0.4) is 0 Å². The minimum atomic E-state index is -3.19. The summed E-state index contributed by atoms with van der Waals surface area (Å²) in [4.78, 5) is 13.2. The van der Waals surface area contributed by atoms with Gasteiger partial charge >= 0.3 is 5.92 Å². The Labute approximate surface area is 129 Å². The SMILES string of the molecule is COc1ccc(CN2C(=O)C(F)(F)[C@@H]2C2CCCCC2)cc1. The van der Waals surface area contributed by atoms with Crippen LogP contribution in [0.25, 0.3) is 0 Å². The summed E-state index contributed by atoms with van der Waals surface area (Å²) in [5, 5.41) is 0. The number of hydrogen-bond donors (Lipinski definition) is 0. The highest BCUT2D eigenvalue weighted by molar-refractivity contribution is 5.91. The quantitative estimate of drug-likeness (QED) is 0.795. The average molecular weight is 309 g/mol. The Kier molecular flexibility index (Phi) is 4.06. The molecule has 3 nitrogen and oxygen atoms in total. The van der Waals surface area contributed by atoms with Crippen LogP contribution in [0, 0.1) is 5.92 Å². The van der Waals surface area contributed by atoms with Gasteiger partial charge in [-0.3, -0.25) is 4.79 Å². The fourth-order valence-corrected chi connectivity index (χ4v) is 3.67. The maximum Gasteiger partial charge on any atom is 0.344 e. The van der Waals surface area contributed by atoms with Crippen LogP contribution >= 0.6 is 0 Å². The molecule has 0 spiro atoms. The van der Waals surface area contributed by atoms with Crippen molar-refractivity contribution in [3.8, 4) is 5.75 Å². The Hall–Kier alpha value is -1.65. The molecule has 1 saturated heterocycles. The number of nitrogens with zero attached hydrogens (tertiary/aromatic N) is 1. The van der Waals surface area contributed by atoms with E-state index in [-0.39, 0.29) is 12.5 Å². The standard InChI is InChI=1S/C17H21F2NO2/c1-22-14-9-7-12(8-10-14)11-20-15(17(18,19)16(20)21)13-5-3-2-4-6-13/h7-10,13,15H,2-6,11H2,1H3/t15-/m0/s1. The van der Waals surface area contributed by atoms with Crippen LogP contribution in [0.2, 0.25) is 0 Å². The lowest BCUT2D eigenvalue weighted by atomic mass is 9.76. The molecule has 120 valence electrons. The van der Waals surface area contributed by atoms with Crippen LogP contribution in [0.5, 0.6) is 5.75 Å². The van der Waals surface area contributed by atoms with Crippen LogP contribution in [0.1, 0.15) is 37.7 Å². The summed E-state index contributed by atoms with van der Waals surface area (Å²) in [7, 11) is 1.58. The molecule has 3 rings (SSSR count). The number of halogens is 2. The van der Waals surface area contributed by atoms with Gasteiger partial charge < -0.3 is 9.64 Å². The minimum absolute atomic E-state index is 0.0697. The Balaban J connectivity index is 1.74. The molecule has 5 heteroatoms. The Morgan fingerprint density at radius 2 is 1.82 bits per heavy atom. The Morgan fingerprint density at radius 1 is 1.18 bits per heavy atom. The van der Waals surface area contributed by atoms with Crippen molar-refractivity contribution in [1.82, 2.24) is 4.90 Å². The van der Waals surface area contributed by atoms with E-state index in [0.29, 0.717) is 5.75 Å². The second-order valence-electron chi connectivity index (χ2n) is 6.25. The van der Waals surface area contributed by atoms with Crippen LogP contribution in [-0.2, 0) is 11.3 Å². The number of methoxy groups -OCH3 is 1. The number of amides is 1. The van der Waals surface area contributed by atoms with E-state index < -0.39 is 17.9 Å². The van der Waals surface area contributed by atoms with Crippen molar-refractivity contribution in [2.75, 3.05) is 7.11 Å². The third-order valence-corrected chi connectivity index (χ3v) is 4.86. The maximum atomic E-state index is 14.0. The number of carbonyl (C=O) groups is 1. The summed E-state index contributed by atoms with van der Waals surface area (Å²) >= 11 is 0. The highest BCUT2D eigenvalue weighted by Crippen LogP contribution is 2.45. The summed E-state index contributed by atoms with van der Waals surface area (Å²) in [6.07, 6.45) is 4.68. The smallest absolute Gasteiger partial charge is 0.344 e. The van der Waals surface area contributed by atoms with Gasteiger partial charge in [-0.15, -0.1) is 0 Å². The molecule has 1 aromatic rings. The molecule has 0 unspecified atom stereocenters. The van der Waals surface area contributed by atoms with Crippen LogP contribution in [0.15, 0.2) is 24.3 Å². The number of alkyl halides is 2. The summed E-state index contributed by atoms with van der Waals surface area (Å²) in [6.45, 7) is 0.250. The maximum absolute atomic E-state index is 14.0. The average Bonchev–Trinajstić information content (AvgIpc) is 2.55. The Bertz CT molecular complexity index is 538. The number of β-lactam (4-membered cyclic amide) rings is 1. The first-order valence-corrected chi connectivity index (χ1v) is 7.86. The van der Waals surface area contributed by atoms with Gasteiger partial charge in [-0.05, 0) is 36.5 Å². The normalized spacial score (nSPS) is 25.0. The number of likely N-dealkylation sites (tertiary alicyclic amines) is 1. The van der Waals surface area contributed by atoms with Gasteiger partial charge in [0.2, 0.25) is 0 Å². The monoisotopic (exact) mass is 309 g/mol. The van der Waals surface area contributed by atoms with Gasteiger partial charge in [0.25, 0.3) is 5.91 Å². The van der Waals surface area contributed by atoms with Gasteiger partial charge in [0.05, 0.1) is 7.11 Å². The molecule has 22 heavy (non-hydrogen) atoms. The van der Waals surface area contributed by atoms with Gasteiger partial charge in [-0.25, -0.2) is 0 Å². The van der Waals surface area contributed by atoms with E-state index in [1.807, 2.05) is 12.1 Å². The third-order valence-electron chi connectivity index (χ3n) is 4.86. The predicted molar refractivity (Wildman–Crippen MR) is 78.9 cm³/mol. The molecule has 1 heterocycles. The van der Waals surface area contributed by atoms with E-state index in [2.05, 4.69) is 0 Å². The molecular weight excluding hydrogens is 288 g/mol. The molecule has 1 aliphatic heterocycles. The summed E-state index contributed by atoms with van der Waals surface area (Å²) in [5.74, 6) is -3.57. The summed E-state index contributed by atoms with van der Waals surface area (Å²) in [6, 6.07) is 6.28. The van der Waals surface area contributed by atoms with E-state index in [9.17, 15) is 13.6 Å².